The topological polar surface area (TPSA) is 100 Å². The Kier molecular flexibility index (Phi) is 7.29. The summed E-state index contributed by atoms with van der Waals surface area (Å²) in [4.78, 5) is 26.0. The van der Waals surface area contributed by atoms with Gasteiger partial charge in [-0.1, -0.05) is 12.1 Å². The number of amides is 1. The molecule has 0 atom stereocenters. The quantitative estimate of drug-likeness (QED) is 0.381. The molecular weight excluding hydrogens is 468 g/mol. The largest absolute Gasteiger partial charge is 0.378 e. The summed E-state index contributed by atoms with van der Waals surface area (Å²) in [5.41, 5.74) is 4.33. The van der Waals surface area contributed by atoms with E-state index < -0.39 is 0 Å². The van der Waals surface area contributed by atoms with E-state index in [1.807, 2.05) is 29.1 Å². The molecule has 1 aliphatic rings. The van der Waals surface area contributed by atoms with Crippen LogP contribution in [-0.4, -0.2) is 84.5 Å². The fourth-order valence-corrected chi connectivity index (χ4v) is 4.25. The van der Waals surface area contributed by atoms with Gasteiger partial charge in [-0.25, -0.2) is 4.98 Å². The minimum absolute atomic E-state index is 0.120. The summed E-state index contributed by atoms with van der Waals surface area (Å²) in [6.45, 7) is 4.48. The molecule has 0 spiro atoms. The molecule has 1 amide bonds. The van der Waals surface area contributed by atoms with Crippen LogP contribution in [0.2, 0.25) is 0 Å². The third-order valence-electron chi connectivity index (χ3n) is 6.35. The molecular formula is C27H32N8O2. The normalized spacial score (nSPS) is 13.8. The standard InChI is InChI=1S/C27H32N8O2/c1-28-26(36)19-6-8-22(9-7-19)30-25-17-23(31-27(32-25)34-12-14-37-15-13-34)20-4-5-21-18-29-35(24(21)16-20)11-10-33(2)3/h4-9,16-18H,10-15H2,1-3H3,(H,28,36)(H,30,31,32). The van der Waals surface area contributed by atoms with E-state index in [-0.39, 0.29) is 5.91 Å². The third-order valence-corrected chi connectivity index (χ3v) is 6.35. The Balaban J connectivity index is 1.50. The van der Waals surface area contributed by atoms with E-state index in [2.05, 4.69) is 57.8 Å². The number of benzene rings is 2. The number of carbonyl (C=O) groups is 1. The van der Waals surface area contributed by atoms with Gasteiger partial charge in [0.1, 0.15) is 5.82 Å². The molecule has 0 unspecified atom stereocenters. The van der Waals surface area contributed by atoms with Crippen molar-refractivity contribution < 1.29 is 9.53 Å². The second-order valence-corrected chi connectivity index (χ2v) is 9.26. The number of likely N-dealkylation sites (N-methyl/N-ethyl adjacent to an activating group) is 1. The minimum Gasteiger partial charge on any atom is -0.378 e. The van der Waals surface area contributed by atoms with Gasteiger partial charge < -0.3 is 25.2 Å². The van der Waals surface area contributed by atoms with Crippen molar-refractivity contribution in [3.05, 3.63) is 60.3 Å². The van der Waals surface area contributed by atoms with Crippen LogP contribution >= 0.6 is 0 Å². The van der Waals surface area contributed by atoms with Gasteiger partial charge in [0.05, 0.1) is 37.2 Å². The molecule has 0 aliphatic carbocycles. The fraction of sp³-hybridized carbons (Fsp3) is 0.333. The van der Waals surface area contributed by atoms with Crippen LogP contribution in [0.3, 0.4) is 0 Å². The lowest BCUT2D eigenvalue weighted by molar-refractivity contribution is 0.0963. The van der Waals surface area contributed by atoms with Crippen LogP contribution in [0, 0.1) is 0 Å². The third kappa shape index (κ3) is 5.71. The van der Waals surface area contributed by atoms with E-state index >= 15 is 0 Å². The maximum absolute atomic E-state index is 11.9. The molecule has 1 fully saturated rings. The number of carbonyl (C=O) groups excluding carboxylic acids is 1. The number of morpholine rings is 1. The van der Waals surface area contributed by atoms with Crippen LogP contribution in [0.15, 0.2) is 54.7 Å². The maximum Gasteiger partial charge on any atom is 0.251 e. The zero-order valence-corrected chi connectivity index (χ0v) is 21.4. The zero-order valence-electron chi connectivity index (χ0n) is 21.4. The highest BCUT2D eigenvalue weighted by Crippen LogP contribution is 2.28. The molecule has 2 N–H and O–H groups in total. The number of nitrogens with one attached hydrogen (secondary N) is 2. The Hall–Kier alpha value is -4.02. The van der Waals surface area contributed by atoms with Gasteiger partial charge in [-0.2, -0.15) is 10.1 Å². The van der Waals surface area contributed by atoms with Gasteiger partial charge >= 0.3 is 0 Å². The number of rotatable bonds is 8. The summed E-state index contributed by atoms with van der Waals surface area (Å²) in [5, 5.41) is 11.7. The molecule has 0 saturated carbocycles. The molecule has 2 aromatic carbocycles. The van der Waals surface area contributed by atoms with E-state index in [9.17, 15) is 4.79 Å². The molecule has 37 heavy (non-hydrogen) atoms. The van der Waals surface area contributed by atoms with Gasteiger partial charge in [0.15, 0.2) is 0 Å². The average molecular weight is 501 g/mol. The number of anilines is 3. The maximum atomic E-state index is 11.9. The molecule has 192 valence electrons. The number of hydrogen-bond donors (Lipinski definition) is 2. The molecule has 5 rings (SSSR count). The lowest BCUT2D eigenvalue weighted by Crippen LogP contribution is -2.37. The first-order valence-electron chi connectivity index (χ1n) is 12.4. The van der Waals surface area contributed by atoms with Crippen LogP contribution in [-0.2, 0) is 11.3 Å². The fourth-order valence-electron chi connectivity index (χ4n) is 4.25. The SMILES string of the molecule is CNC(=O)c1ccc(Nc2cc(-c3ccc4cnn(CCN(C)C)c4c3)nc(N3CCOCC3)n2)cc1. The summed E-state index contributed by atoms with van der Waals surface area (Å²) in [7, 11) is 5.74. The van der Waals surface area contributed by atoms with Gasteiger partial charge in [-0.15, -0.1) is 0 Å². The lowest BCUT2D eigenvalue weighted by atomic mass is 10.1. The van der Waals surface area contributed by atoms with Crippen LogP contribution in [0.25, 0.3) is 22.2 Å². The highest BCUT2D eigenvalue weighted by atomic mass is 16.5. The number of nitrogens with zero attached hydrogens (tertiary/aromatic N) is 6. The Morgan fingerprint density at radius 3 is 2.57 bits per heavy atom. The van der Waals surface area contributed by atoms with E-state index in [1.165, 1.54) is 0 Å². The van der Waals surface area contributed by atoms with Crippen molar-refractivity contribution in [2.45, 2.75) is 6.54 Å². The number of ether oxygens (including phenoxy) is 1. The Bertz CT molecular complexity index is 1380. The molecule has 1 saturated heterocycles. The molecule has 1 aliphatic heterocycles. The second-order valence-electron chi connectivity index (χ2n) is 9.26. The lowest BCUT2D eigenvalue weighted by Gasteiger charge is -2.27. The molecule has 0 radical (unpaired) electrons. The highest BCUT2D eigenvalue weighted by molar-refractivity contribution is 5.94. The van der Waals surface area contributed by atoms with Crippen LogP contribution in [0.1, 0.15) is 10.4 Å². The van der Waals surface area contributed by atoms with Crippen molar-refractivity contribution in [1.29, 1.82) is 0 Å². The van der Waals surface area contributed by atoms with Crippen molar-refractivity contribution >= 4 is 34.3 Å². The molecule has 3 heterocycles. The average Bonchev–Trinajstić information content (AvgIpc) is 3.34. The summed E-state index contributed by atoms with van der Waals surface area (Å²) >= 11 is 0. The van der Waals surface area contributed by atoms with Gasteiger partial charge in [-0.3, -0.25) is 9.48 Å². The van der Waals surface area contributed by atoms with E-state index in [0.717, 1.165) is 54.0 Å². The molecule has 4 aromatic rings. The van der Waals surface area contributed by atoms with Crippen molar-refractivity contribution in [2.75, 3.05) is 64.2 Å². The second kappa shape index (κ2) is 10.9. The summed E-state index contributed by atoms with van der Waals surface area (Å²) < 4.78 is 7.57. The zero-order chi connectivity index (χ0) is 25.8. The van der Waals surface area contributed by atoms with Crippen LogP contribution in [0.5, 0.6) is 0 Å². The first-order valence-corrected chi connectivity index (χ1v) is 12.4. The first kappa shape index (κ1) is 24.7. The van der Waals surface area contributed by atoms with Gasteiger partial charge in [0.2, 0.25) is 5.95 Å². The molecule has 0 bridgehead atoms. The van der Waals surface area contributed by atoms with E-state index in [1.54, 1.807) is 19.2 Å². The minimum atomic E-state index is -0.120. The van der Waals surface area contributed by atoms with Crippen molar-refractivity contribution in [3.8, 4) is 11.3 Å². The predicted octanol–water partition coefficient (Wildman–Crippen LogP) is 2.99. The highest BCUT2D eigenvalue weighted by Gasteiger charge is 2.17. The van der Waals surface area contributed by atoms with Gasteiger partial charge in [0.25, 0.3) is 5.91 Å². The summed E-state index contributed by atoms with van der Waals surface area (Å²) in [6.07, 6.45) is 1.91. The van der Waals surface area contributed by atoms with Crippen LogP contribution in [0.4, 0.5) is 17.5 Å². The Labute approximate surface area is 216 Å². The molecule has 10 heteroatoms. The predicted molar refractivity (Wildman–Crippen MR) is 145 cm³/mol. The van der Waals surface area contributed by atoms with Gasteiger partial charge in [0, 0.05) is 54.9 Å². The van der Waals surface area contributed by atoms with Gasteiger partial charge in [-0.05, 0) is 44.4 Å². The monoisotopic (exact) mass is 500 g/mol. The van der Waals surface area contributed by atoms with E-state index in [0.29, 0.717) is 30.5 Å². The van der Waals surface area contributed by atoms with E-state index in [4.69, 9.17) is 14.7 Å². The smallest absolute Gasteiger partial charge is 0.251 e. The summed E-state index contributed by atoms with van der Waals surface area (Å²) in [6, 6.07) is 15.6. The van der Waals surface area contributed by atoms with Crippen molar-refractivity contribution in [1.82, 2.24) is 30.0 Å². The Morgan fingerprint density at radius 1 is 1.05 bits per heavy atom. The number of aromatic nitrogens is 4. The Morgan fingerprint density at radius 2 is 1.84 bits per heavy atom. The van der Waals surface area contributed by atoms with Crippen LogP contribution < -0.4 is 15.5 Å². The first-order chi connectivity index (χ1) is 18.0. The van der Waals surface area contributed by atoms with Crippen molar-refractivity contribution in [2.24, 2.45) is 0 Å². The molecule has 2 aromatic heterocycles. The van der Waals surface area contributed by atoms with Crippen molar-refractivity contribution in [3.63, 3.8) is 0 Å². The number of fused-ring (bicyclic) bond motifs is 1. The summed E-state index contributed by atoms with van der Waals surface area (Å²) in [5.74, 6) is 1.22. The number of hydrogen-bond acceptors (Lipinski definition) is 8. The molecule has 10 nitrogen and oxygen atoms in total.